The molecule has 0 unspecified atom stereocenters. The van der Waals surface area contributed by atoms with Crippen molar-refractivity contribution in [2.75, 3.05) is 13.2 Å². The van der Waals surface area contributed by atoms with Gasteiger partial charge in [-0.1, -0.05) is 0 Å². The van der Waals surface area contributed by atoms with Crippen molar-refractivity contribution in [2.45, 2.75) is 50.0 Å². The van der Waals surface area contributed by atoms with E-state index in [2.05, 4.69) is 5.32 Å². The molecular formula is C11H19NO6. The minimum Gasteiger partial charge on any atom is -0.394 e. The van der Waals surface area contributed by atoms with E-state index in [1.165, 1.54) is 6.92 Å². The number of fused-ring (bicyclic) bond motifs is 1. The first-order valence-electron chi connectivity index (χ1n) is 6.05. The molecule has 7 heteroatoms. The van der Waals surface area contributed by atoms with E-state index in [-0.39, 0.29) is 24.7 Å². The van der Waals surface area contributed by atoms with Gasteiger partial charge in [0, 0.05) is 19.9 Å². The van der Waals surface area contributed by atoms with Crippen LogP contribution in [0, 0.1) is 0 Å². The number of aliphatic hydroxyl groups is 3. The van der Waals surface area contributed by atoms with Crippen LogP contribution < -0.4 is 5.32 Å². The Bertz CT molecular complexity index is 312. The summed E-state index contributed by atoms with van der Waals surface area (Å²) in [5.74, 6) is -0.150. The molecule has 0 aromatic heterocycles. The second-order valence-electron chi connectivity index (χ2n) is 4.77. The maximum absolute atomic E-state index is 10.8. The molecule has 0 radical (unpaired) electrons. The summed E-state index contributed by atoms with van der Waals surface area (Å²) in [4.78, 5) is 10.8. The normalized spacial score (nSPS) is 43.6. The number of ether oxygens (including phenoxy) is 2. The van der Waals surface area contributed by atoms with E-state index in [9.17, 15) is 15.0 Å². The van der Waals surface area contributed by atoms with E-state index in [1.54, 1.807) is 0 Å². The van der Waals surface area contributed by atoms with Crippen LogP contribution in [0.4, 0.5) is 0 Å². The summed E-state index contributed by atoms with van der Waals surface area (Å²) in [5.41, 5.74) is 0. The van der Waals surface area contributed by atoms with E-state index >= 15 is 0 Å². The third-order valence-corrected chi connectivity index (χ3v) is 3.39. The van der Waals surface area contributed by atoms with Gasteiger partial charge in [0.2, 0.25) is 5.91 Å². The largest absolute Gasteiger partial charge is 0.394 e. The summed E-state index contributed by atoms with van der Waals surface area (Å²) in [7, 11) is 0. The van der Waals surface area contributed by atoms with Crippen LogP contribution in [0.2, 0.25) is 0 Å². The van der Waals surface area contributed by atoms with Crippen molar-refractivity contribution in [3.05, 3.63) is 0 Å². The van der Waals surface area contributed by atoms with Gasteiger partial charge in [-0.3, -0.25) is 4.79 Å². The summed E-state index contributed by atoms with van der Waals surface area (Å²) >= 11 is 0. The van der Waals surface area contributed by atoms with Crippen LogP contribution in [-0.4, -0.2) is 71.0 Å². The summed E-state index contributed by atoms with van der Waals surface area (Å²) in [6, 6.07) is 0. The van der Waals surface area contributed by atoms with Gasteiger partial charge in [0.05, 0.1) is 18.8 Å². The van der Waals surface area contributed by atoms with Crippen LogP contribution in [-0.2, 0) is 14.3 Å². The highest BCUT2D eigenvalue weighted by molar-refractivity contribution is 5.72. The second kappa shape index (κ2) is 5.50. The number of nitrogens with one attached hydrogen (secondary N) is 1. The molecule has 18 heavy (non-hydrogen) atoms. The quantitative estimate of drug-likeness (QED) is 0.457. The van der Waals surface area contributed by atoms with Crippen molar-refractivity contribution in [3.63, 3.8) is 0 Å². The van der Waals surface area contributed by atoms with E-state index in [1.807, 2.05) is 0 Å². The lowest BCUT2D eigenvalue weighted by molar-refractivity contribution is -0.217. The van der Waals surface area contributed by atoms with Crippen molar-refractivity contribution in [3.8, 4) is 0 Å². The maximum atomic E-state index is 10.8. The minimum atomic E-state index is -1.16. The SMILES string of the molecule is CC(=O)NC[C@H]1C[C@H]2O[C@H](CO)[C@H](O)[C@H](O)[C@H]2O1. The van der Waals surface area contributed by atoms with Gasteiger partial charge in [-0.25, -0.2) is 0 Å². The Kier molecular flexibility index (Phi) is 4.18. The molecular weight excluding hydrogens is 242 g/mol. The first kappa shape index (κ1) is 13.7. The van der Waals surface area contributed by atoms with Gasteiger partial charge < -0.3 is 30.1 Å². The fourth-order valence-electron chi connectivity index (χ4n) is 2.45. The third-order valence-electron chi connectivity index (χ3n) is 3.39. The Morgan fingerprint density at radius 1 is 1.33 bits per heavy atom. The zero-order valence-corrected chi connectivity index (χ0v) is 10.2. The summed E-state index contributed by atoms with van der Waals surface area (Å²) in [5, 5.41) is 31.3. The molecule has 2 rings (SSSR count). The average molecular weight is 261 g/mol. The summed E-state index contributed by atoms with van der Waals surface area (Å²) in [6.07, 6.45) is -3.72. The number of hydrogen-bond donors (Lipinski definition) is 4. The van der Waals surface area contributed by atoms with Gasteiger partial charge in [0.25, 0.3) is 0 Å². The molecule has 0 aromatic carbocycles. The van der Waals surface area contributed by atoms with Crippen molar-refractivity contribution in [2.24, 2.45) is 0 Å². The topological polar surface area (TPSA) is 108 Å². The molecule has 1 amide bonds. The maximum Gasteiger partial charge on any atom is 0.216 e. The lowest BCUT2D eigenvalue weighted by Gasteiger charge is -2.38. The molecule has 0 bridgehead atoms. The third kappa shape index (κ3) is 2.65. The first-order valence-corrected chi connectivity index (χ1v) is 6.05. The van der Waals surface area contributed by atoms with Gasteiger partial charge >= 0.3 is 0 Å². The lowest BCUT2D eigenvalue weighted by atomic mass is 9.95. The number of carbonyl (C=O) groups excluding carboxylic acids is 1. The van der Waals surface area contributed by atoms with E-state index < -0.39 is 24.4 Å². The molecule has 0 aliphatic carbocycles. The van der Waals surface area contributed by atoms with Crippen molar-refractivity contribution in [1.29, 1.82) is 0 Å². The lowest BCUT2D eigenvalue weighted by Crippen LogP contribution is -2.57. The molecule has 2 aliphatic rings. The molecule has 2 fully saturated rings. The highest BCUT2D eigenvalue weighted by Crippen LogP contribution is 2.32. The molecule has 0 saturated carbocycles. The Morgan fingerprint density at radius 2 is 2.06 bits per heavy atom. The Morgan fingerprint density at radius 3 is 2.67 bits per heavy atom. The Hall–Kier alpha value is -0.730. The predicted molar refractivity (Wildman–Crippen MR) is 59.7 cm³/mol. The van der Waals surface area contributed by atoms with Gasteiger partial charge in [0.1, 0.15) is 24.4 Å². The van der Waals surface area contributed by atoms with Gasteiger partial charge in [-0.2, -0.15) is 0 Å². The van der Waals surface area contributed by atoms with Crippen molar-refractivity contribution < 1.29 is 29.6 Å². The van der Waals surface area contributed by atoms with E-state index in [0.717, 1.165) is 0 Å². The molecule has 7 nitrogen and oxygen atoms in total. The van der Waals surface area contributed by atoms with E-state index in [0.29, 0.717) is 13.0 Å². The monoisotopic (exact) mass is 261 g/mol. The fraction of sp³-hybridized carbons (Fsp3) is 0.909. The Balaban J connectivity index is 1.94. The zero-order valence-electron chi connectivity index (χ0n) is 10.2. The zero-order chi connectivity index (χ0) is 13.3. The molecule has 6 atom stereocenters. The summed E-state index contributed by atoms with van der Waals surface area (Å²) < 4.78 is 11.0. The summed E-state index contributed by atoms with van der Waals surface area (Å²) in [6.45, 7) is 1.41. The van der Waals surface area contributed by atoms with Crippen molar-refractivity contribution in [1.82, 2.24) is 5.32 Å². The highest BCUT2D eigenvalue weighted by Gasteiger charge is 2.49. The smallest absolute Gasteiger partial charge is 0.216 e. The molecule has 0 spiro atoms. The van der Waals surface area contributed by atoms with Crippen LogP contribution in [0.1, 0.15) is 13.3 Å². The van der Waals surface area contributed by atoms with Crippen LogP contribution >= 0.6 is 0 Å². The molecule has 0 aromatic rings. The van der Waals surface area contributed by atoms with Gasteiger partial charge in [-0.15, -0.1) is 0 Å². The van der Waals surface area contributed by atoms with E-state index in [4.69, 9.17) is 14.6 Å². The number of rotatable bonds is 3. The van der Waals surface area contributed by atoms with Crippen LogP contribution in [0.25, 0.3) is 0 Å². The van der Waals surface area contributed by atoms with Crippen LogP contribution in [0.5, 0.6) is 0 Å². The molecule has 2 saturated heterocycles. The first-order chi connectivity index (χ1) is 8.52. The minimum absolute atomic E-state index is 0.150. The molecule has 4 N–H and O–H groups in total. The van der Waals surface area contributed by atoms with Gasteiger partial charge in [0.15, 0.2) is 0 Å². The van der Waals surface area contributed by atoms with Crippen LogP contribution in [0.15, 0.2) is 0 Å². The number of carbonyl (C=O) groups is 1. The number of amides is 1. The number of hydrogen-bond acceptors (Lipinski definition) is 6. The Labute approximate surface area is 105 Å². The molecule has 2 aliphatic heterocycles. The second-order valence-corrected chi connectivity index (χ2v) is 4.77. The number of aliphatic hydroxyl groups excluding tert-OH is 3. The fourth-order valence-corrected chi connectivity index (χ4v) is 2.45. The predicted octanol–water partition coefficient (Wildman–Crippen LogP) is -2.24. The van der Waals surface area contributed by atoms with Crippen LogP contribution in [0.3, 0.4) is 0 Å². The molecule has 104 valence electrons. The van der Waals surface area contributed by atoms with Gasteiger partial charge in [-0.05, 0) is 0 Å². The molecule has 2 heterocycles. The van der Waals surface area contributed by atoms with Crippen molar-refractivity contribution >= 4 is 5.91 Å². The standard InChI is InChI=1S/C11H19NO6/c1-5(14)12-3-6-2-7-11(17-6)10(16)9(15)8(4-13)18-7/h6-11,13,15-16H,2-4H2,1H3,(H,12,14)/t6-,7-,8-,9+,10+,11+/m1/s1. The average Bonchev–Trinajstić information content (AvgIpc) is 2.74. The highest BCUT2D eigenvalue weighted by atomic mass is 16.6.